The molecule has 1 aliphatic heterocycles. The number of nitrogens with one attached hydrogen (secondary N) is 1. The summed E-state index contributed by atoms with van der Waals surface area (Å²) in [6.45, 7) is 10.3. The van der Waals surface area contributed by atoms with Gasteiger partial charge in [0.1, 0.15) is 0 Å². The van der Waals surface area contributed by atoms with Crippen molar-refractivity contribution in [1.29, 1.82) is 0 Å². The van der Waals surface area contributed by atoms with Gasteiger partial charge in [-0.2, -0.15) is 0 Å². The summed E-state index contributed by atoms with van der Waals surface area (Å²) in [6.07, 6.45) is 3.76. The van der Waals surface area contributed by atoms with Gasteiger partial charge in [-0.1, -0.05) is 13.8 Å². The zero-order valence-electron chi connectivity index (χ0n) is 10.9. The van der Waals surface area contributed by atoms with E-state index in [0.717, 1.165) is 24.9 Å². The summed E-state index contributed by atoms with van der Waals surface area (Å²) in [5, 5.41) is 3.48. The average Bonchev–Trinajstić information content (AvgIpc) is 2.75. The quantitative estimate of drug-likeness (QED) is 0.840. The van der Waals surface area contributed by atoms with Crippen LogP contribution < -0.4 is 5.32 Å². The fourth-order valence-corrected chi connectivity index (χ4v) is 2.49. The van der Waals surface area contributed by atoms with E-state index in [-0.39, 0.29) is 0 Å². The minimum Gasteiger partial charge on any atom is -0.316 e. The summed E-state index contributed by atoms with van der Waals surface area (Å²) in [7, 11) is 0. The molecule has 1 aliphatic rings. The van der Waals surface area contributed by atoms with Gasteiger partial charge < -0.3 is 5.32 Å². The minimum absolute atomic E-state index is 0.803. The molecule has 0 saturated carbocycles. The molecule has 1 fully saturated rings. The third-order valence-corrected chi connectivity index (χ3v) is 3.77. The van der Waals surface area contributed by atoms with Crippen molar-refractivity contribution in [2.75, 3.05) is 26.2 Å². The maximum atomic E-state index is 4.07. The maximum Gasteiger partial charge on any atom is 0.0271 e. The SMILES string of the molecule is CCN(Cc1ccncc1)CC1CNCC1C. The van der Waals surface area contributed by atoms with Gasteiger partial charge in [0.05, 0.1) is 0 Å². The molecule has 0 amide bonds. The minimum atomic E-state index is 0.803. The van der Waals surface area contributed by atoms with E-state index in [9.17, 15) is 0 Å². The van der Waals surface area contributed by atoms with Crippen LogP contribution in [0, 0.1) is 11.8 Å². The van der Waals surface area contributed by atoms with Crippen LogP contribution >= 0.6 is 0 Å². The monoisotopic (exact) mass is 233 g/mol. The molecule has 1 aromatic heterocycles. The van der Waals surface area contributed by atoms with Crippen molar-refractivity contribution in [3.63, 3.8) is 0 Å². The smallest absolute Gasteiger partial charge is 0.0271 e. The Morgan fingerprint density at radius 1 is 1.35 bits per heavy atom. The fraction of sp³-hybridized carbons (Fsp3) is 0.643. The van der Waals surface area contributed by atoms with Crippen molar-refractivity contribution in [2.24, 2.45) is 11.8 Å². The van der Waals surface area contributed by atoms with Gasteiger partial charge >= 0.3 is 0 Å². The van der Waals surface area contributed by atoms with Gasteiger partial charge in [0.2, 0.25) is 0 Å². The lowest BCUT2D eigenvalue weighted by atomic mass is 9.97. The molecule has 94 valence electrons. The second-order valence-electron chi connectivity index (χ2n) is 5.08. The largest absolute Gasteiger partial charge is 0.316 e. The van der Waals surface area contributed by atoms with E-state index in [1.54, 1.807) is 0 Å². The van der Waals surface area contributed by atoms with Crippen LogP contribution in [-0.2, 0) is 6.54 Å². The average molecular weight is 233 g/mol. The number of nitrogens with zero attached hydrogens (tertiary/aromatic N) is 2. The number of pyridine rings is 1. The molecule has 2 heterocycles. The molecule has 0 bridgehead atoms. The number of hydrogen-bond acceptors (Lipinski definition) is 3. The lowest BCUT2D eigenvalue weighted by Crippen LogP contribution is -2.31. The molecule has 1 aromatic rings. The first-order chi connectivity index (χ1) is 8.29. The molecule has 3 nitrogen and oxygen atoms in total. The molecule has 1 N–H and O–H groups in total. The third kappa shape index (κ3) is 3.51. The van der Waals surface area contributed by atoms with Gasteiger partial charge in [0, 0.05) is 25.5 Å². The van der Waals surface area contributed by atoms with E-state index in [1.807, 2.05) is 12.4 Å². The van der Waals surface area contributed by atoms with Crippen LogP contribution in [0.25, 0.3) is 0 Å². The Balaban J connectivity index is 1.88. The van der Waals surface area contributed by atoms with Crippen LogP contribution in [0.1, 0.15) is 19.4 Å². The van der Waals surface area contributed by atoms with Gasteiger partial charge in [-0.3, -0.25) is 9.88 Å². The highest BCUT2D eigenvalue weighted by atomic mass is 15.1. The van der Waals surface area contributed by atoms with E-state index < -0.39 is 0 Å². The Bertz CT molecular complexity index is 325. The van der Waals surface area contributed by atoms with Crippen LogP contribution in [0.5, 0.6) is 0 Å². The van der Waals surface area contributed by atoms with Crippen molar-refractivity contribution in [3.05, 3.63) is 30.1 Å². The Kier molecular flexibility index (Phi) is 4.51. The maximum absolute atomic E-state index is 4.07. The highest BCUT2D eigenvalue weighted by Crippen LogP contribution is 2.18. The molecule has 0 aliphatic carbocycles. The lowest BCUT2D eigenvalue weighted by Gasteiger charge is -2.25. The van der Waals surface area contributed by atoms with E-state index in [2.05, 4.69) is 41.2 Å². The molecule has 0 aromatic carbocycles. The van der Waals surface area contributed by atoms with Crippen molar-refractivity contribution in [1.82, 2.24) is 15.2 Å². The summed E-state index contributed by atoms with van der Waals surface area (Å²) >= 11 is 0. The summed E-state index contributed by atoms with van der Waals surface area (Å²) in [6, 6.07) is 4.22. The van der Waals surface area contributed by atoms with Crippen molar-refractivity contribution in [3.8, 4) is 0 Å². The summed E-state index contributed by atoms with van der Waals surface area (Å²) in [5.74, 6) is 1.61. The standard InChI is InChI=1S/C14H23N3/c1-3-17(10-13-4-6-15-7-5-13)11-14-9-16-8-12(14)2/h4-7,12,14,16H,3,8-11H2,1-2H3. The van der Waals surface area contributed by atoms with Crippen molar-refractivity contribution in [2.45, 2.75) is 20.4 Å². The molecular formula is C14H23N3. The predicted molar refractivity (Wildman–Crippen MR) is 70.7 cm³/mol. The van der Waals surface area contributed by atoms with Gasteiger partial charge in [-0.05, 0) is 49.2 Å². The van der Waals surface area contributed by atoms with Crippen LogP contribution in [0.3, 0.4) is 0 Å². The first-order valence-corrected chi connectivity index (χ1v) is 6.61. The highest BCUT2D eigenvalue weighted by molar-refractivity contribution is 5.09. The topological polar surface area (TPSA) is 28.2 Å². The van der Waals surface area contributed by atoms with Gasteiger partial charge in [0.15, 0.2) is 0 Å². The van der Waals surface area contributed by atoms with Gasteiger partial charge in [-0.25, -0.2) is 0 Å². The van der Waals surface area contributed by atoms with E-state index in [4.69, 9.17) is 0 Å². The zero-order chi connectivity index (χ0) is 12.1. The molecule has 2 atom stereocenters. The summed E-state index contributed by atoms with van der Waals surface area (Å²) in [5.41, 5.74) is 1.36. The van der Waals surface area contributed by atoms with Crippen LogP contribution in [0.15, 0.2) is 24.5 Å². The molecule has 0 radical (unpaired) electrons. The number of rotatable bonds is 5. The normalized spacial score (nSPS) is 24.4. The van der Waals surface area contributed by atoms with Crippen LogP contribution in [-0.4, -0.2) is 36.1 Å². The number of aromatic nitrogens is 1. The summed E-state index contributed by atoms with van der Waals surface area (Å²) in [4.78, 5) is 6.60. The molecule has 2 rings (SSSR count). The van der Waals surface area contributed by atoms with E-state index in [0.29, 0.717) is 0 Å². The predicted octanol–water partition coefficient (Wildman–Crippen LogP) is 1.76. The Labute approximate surface area is 104 Å². The molecule has 1 saturated heterocycles. The van der Waals surface area contributed by atoms with Gasteiger partial charge in [-0.15, -0.1) is 0 Å². The first kappa shape index (κ1) is 12.5. The van der Waals surface area contributed by atoms with Crippen molar-refractivity contribution >= 4 is 0 Å². The zero-order valence-corrected chi connectivity index (χ0v) is 10.9. The second kappa shape index (κ2) is 6.12. The molecule has 17 heavy (non-hydrogen) atoms. The lowest BCUT2D eigenvalue weighted by molar-refractivity contribution is 0.220. The van der Waals surface area contributed by atoms with Crippen molar-refractivity contribution < 1.29 is 0 Å². The third-order valence-electron chi connectivity index (χ3n) is 3.77. The molecule has 0 spiro atoms. The molecule has 3 heteroatoms. The van der Waals surface area contributed by atoms with Gasteiger partial charge in [0.25, 0.3) is 0 Å². The Morgan fingerprint density at radius 3 is 2.71 bits per heavy atom. The second-order valence-corrected chi connectivity index (χ2v) is 5.08. The van der Waals surface area contributed by atoms with E-state index >= 15 is 0 Å². The Morgan fingerprint density at radius 2 is 2.12 bits per heavy atom. The van der Waals surface area contributed by atoms with E-state index in [1.165, 1.54) is 25.2 Å². The van der Waals surface area contributed by atoms with Crippen LogP contribution in [0.4, 0.5) is 0 Å². The molecule has 2 unspecified atom stereocenters. The molecular weight excluding hydrogens is 210 g/mol. The number of hydrogen-bond donors (Lipinski definition) is 1. The Hall–Kier alpha value is -0.930. The summed E-state index contributed by atoms with van der Waals surface area (Å²) < 4.78 is 0. The fourth-order valence-electron chi connectivity index (χ4n) is 2.49. The van der Waals surface area contributed by atoms with Crippen LogP contribution in [0.2, 0.25) is 0 Å². The first-order valence-electron chi connectivity index (χ1n) is 6.61. The highest BCUT2D eigenvalue weighted by Gasteiger charge is 2.24.